The summed E-state index contributed by atoms with van der Waals surface area (Å²) in [7, 11) is 0. The van der Waals surface area contributed by atoms with E-state index in [9.17, 15) is 0 Å². The van der Waals surface area contributed by atoms with Crippen molar-refractivity contribution < 1.29 is 0 Å². The molecule has 11 aromatic rings. The third-order valence-electron chi connectivity index (χ3n) is 10.5. The van der Waals surface area contributed by atoms with E-state index < -0.39 is 0 Å². The standard InChI is InChI=1S/C48H30N4/c1-3-14-31(15-4-1)40-30-41(32-16-5-2-6-17-32)50-48(49-40)34-19-13-20-35(28-34)51-43-24-11-9-22-37(43)39-27-26-38-36-21-8-12-25-44(36)52-42-23-10-7-18-33(42)29-45(52)46(38)47(39)51/h1-30H. The molecule has 11 rings (SSSR count). The Morgan fingerprint density at radius 1 is 0.365 bits per heavy atom. The lowest BCUT2D eigenvalue weighted by molar-refractivity contribution is 1.16. The fourth-order valence-corrected chi connectivity index (χ4v) is 8.18. The van der Waals surface area contributed by atoms with Gasteiger partial charge in [0.05, 0.1) is 39.0 Å². The number of rotatable bonds is 4. The van der Waals surface area contributed by atoms with Crippen LogP contribution < -0.4 is 0 Å². The van der Waals surface area contributed by atoms with Gasteiger partial charge in [0.2, 0.25) is 0 Å². The Morgan fingerprint density at radius 2 is 0.942 bits per heavy atom. The quantitative estimate of drug-likeness (QED) is 0.176. The van der Waals surface area contributed by atoms with Crippen LogP contribution in [0.1, 0.15) is 0 Å². The van der Waals surface area contributed by atoms with E-state index in [4.69, 9.17) is 9.97 Å². The third-order valence-corrected chi connectivity index (χ3v) is 10.5. The number of benzene rings is 7. The Labute approximate surface area is 299 Å². The fraction of sp³-hybridized carbons (Fsp3) is 0. The highest BCUT2D eigenvalue weighted by Gasteiger charge is 2.21. The lowest BCUT2D eigenvalue weighted by Crippen LogP contribution is -1.99. The zero-order valence-electron chi connectivity index (χ0n) is 28.1. The van der Waals surface area contributed by atoms with Crippen LogP contribution in [0.2, 0.25) is 0 Å². The second-order valence-corrected chi connectivity index (χ2v) is 13.4. The maximum absolute atomic E-state index is 5.17. The van der Waals surface area contributed by atoms with E-state index in [1.54, 1.807) is 0 Å². The van der Waals surface area contributed by atoms with Crippen molar-refractivity contribution in [3.8, 4) is 39.6 Å². The number of hydrogen-bond donors (Lipinski definition) is 0. The molecule has 52 heavy (non-hydrogen) atoms. The van der Waals surface area contributed by atoms with Gasteiger partial charge in [-0.1, -0.05) is 140 Å². The maximum Gasteiger partial charge on any atom is 0.160 e. The van der Waals surface area contributed by atoms with Crippen LogP contribution in [0.5, 0.6) is 0 Å². The highest BCUT2D eigenvalue weighted by molar-refractivity contribution is 6.28. The first-order valence-electron chi connectivity index (χ1n) is 17.7. The van der Waals surface area contributed by atoms with Crippen LogP contribution in [0, 0.1) is 0 Å². The van der Waals surface area contributed by atoms with Gasteiger partial charge < -0.3 is 8.97 Å². The minimum absolute atomic E-state index is 0.693. The minimum Gasteiger partial charge on any atom is -0.309 e. The van der Waals surface area contributed by atoms with Crippen molar-refractivity contribution in [2.75, 3.05) is 0 Å². The summed E-state index contributed by atoms with van der Waals surface area (Å²) in [6.45, 7) is 0. The van der Waals surface area contributed by atoms with Crippen LogP contribution in [0.3, 0.4) is 0 Å². The van der Waals surface area contributed by atoms with Gasteiger partial charge in [-0.15, -0.1) is 0 Å². The van der Waals surface area contributed by atoms with Crippen LogP contribution in [0.15, 0.2) is 182 Å². The molecule has 0 saturated heterocycles. The van der Waals surface area contributed by atoms with Gasteiger partial charge in [-0.3, -0.25) is 0 Å². The van der Waals surface area contributed by atoms with Gasteiger partial charge in [0.25, 0.3) is 0 Å². The molecule has 242 valence electrons. The van der Waals surface area contributed by atoms with E-state index in [-0.39, 0.29) is 0 Å². The molecule has 4 heterocycles. The summed E-state index contributed by atoms with van der Waals surface area (Å²) in [5.41, 5.74) is 11.9. The largest absolute Gasteiger partial charge is 0.309 e. The van der Waals surface area contributed by atoms with E-state index in [1.165, 1.54) is 54.4 Å². The van der Waals surface area contributed by atoms with Crippen LogP contribution in [-0.2, 0) is 0 Å². The van der Waals surface area contributed by atoms with E-state index in [1.807, 2.05) is 12.1 Å². The van der Waals surface area contributed by atoms with Gasteiger partial charge in [0.1, 0.15) is 0 Å². The SMILES string of the molecule is c1ccc(-c2cc(-c3ccccc3)nc(-c3cccc(-n4c5ccccc5c5ccc6c7ccccc7n7c8ccccc8cc7c6c54)c3)n2)cc1. The van der Waals surface area contributed by atoms with Crippen molar-refractivity contribution in [3.63, 3.8) is 0 Å². The average molecular weight is 663 g/mol. The molecule has 0 saturated carbocycles. The molecule has 0 unspecified atom stereocenters. The lowest BCUT2D eigenvalue weighted by Gasteiger charge is -2.15. The molecule has 0 aliphatic heterocycles. The maximum atomic E-state index is 5.17. The molecule has 0 spiro atoms. The first kappa shape index (κ1) is 28.8. The highest BCUT2D eigenvalue weighted by Crippen LogP contribution is 2.42. The number of fused-ring (bicyclic) bond motifs is 12. The molecule has 4 nitrogen and oxygen atoms in total. The van der Waals surface area contributed by atoms with Gasteiger partial charge >= 0.3 is 0 Å². The van der Waals surface area contributed by atoms with Crippen molar-refractivity contribution in [2.24, 2.45) is 0 Å². The van der Waals surface area contributed by atoms with E-state index in [2.05, 4.69) is 179 Å². The number of aromatic nitrogens is 4. The van der Waals surface area contributed by atoms with Crippen LogP contribution >= 0.6 is 0 Å². The molecule has 0 bridgehead atoms. The van der Waals surface area contributed by atoms with Crippen LogP contribution in [-0.4, -0.2) is 18.9 Å². The molecule has 0 radical (unpaired) electrons. The van der Waals surface area contributed by atoms with Crippen molar-refractivity contribution in [3.05, 3.63) is 182 Å². The van der Waals surface area contributed by atoms with Crippen molar-refractivity contribution in [1.29, 1.82) is 0 Å². The Hall–Kier alpha value is -7.04. The van der Waals surface area contributed by atoms with Crippen molar-refractivity contribution in [1.82, 2.24) is 18.9 Å². The molecule has 0 fully saturated rings. The van der Waals surface area contributed by atoms with Gasteiger partial charge in [-0.25, -0.2) is 9.97 Å². The van der Waals surface area contributed by atoms with Gasteiger partial charge in [0.15, 0.2) is 5.82 Å². The van der Waals surface area contributed by atoms with E-state index in [0.717, 1.165) is 39.3 Å². The highest BCUT2D eigenvalue weighted by atomic mass is 15.0. The van der Waals surface area contributed by atoms with E-state index in [0.29, 0.717) is 5.82 Å². The first-order valence-corrected chi connectivity index (χ1v) is 17.7. The molecule has 0 aliphatic carbocycles. The average Bonchev–Trinajstić information content (AvgIpc) is 3.78. The normalized spacial score (nSPS) is 11.8. The Kier molecular flexibility index (Phi) is 6.22. The molecule has 0 amide bonds. The van der Waals surface area contributed by atoms with Crippen molar-refractivity contribution in [2.45, 2.75) is 0 Å². The fourth-order valence-electron chi connectivity index (χ4n) is 8.18. The smallest absolute Gasteiger partial charge is 0.160 e. The second kappa shape index (κ2) is 11.2. The van der Waals surface area contributed by atoms with Crippen LogP contribution in [0.4, 0.5) is 0 Å². The summed E-state index contributed by atoms with van der Waals surface area (Å²) < 4.78 is 4.89. The molecular weight excluding hydrogens is 633 g/mol. The lowest BCUT2D eigenvalue weighted by atomic mass is 10.0. The Bertz CT molecular complexity index is 3110. The molecule has 4 aromatic heterocycles. The Balaban J connectivity index is 1.23. The summed E-state index contributed by atoms with van der Waals surface area (Å²) in [6.07, 6.45) is 0. The predicted octanol–water partition coefficient (Wildman–Crippen LogP) is 12.3. The number of hydrogen-bond acceptors (Lipinski definition) is 2. The number of pyridine rings is 1. The summed E-state index contributed by atoms with van der Waals surface area (Å²) >= 11 is 0. The number of nitrogens with zero attached hydrogens (tertiary/aromatic N) is 4. The predicted molar refractivity (Wildman–Crippen MR) is 216 cm³/mol. The zero-order valence-corrected chi connectivity index (χ0v) is 28.1. The molecular formula is C48H30N4. The van der Waals surface area contributed by atoms with Gasteiger partial charge in [-0.05, 0) is 47.9 Å². The van der Waals surface area contributed by atoms with Gasteiger partial charge in [-0.2, -0.15) is 0 Å². The third kappa shape index (κ3) is 4.28. The number of para-hydroxylation sites is 3. The van der Waals surface area contributed by atoms with E-state index >= 15 is 0 Å². The molecule has 4 heteroatoms. The van der Waals surface area contributed by atoms with Crippen molar-refractivity contribution >= 4 is 59.9 Å². The summed E-state index contributed by atoms with van der Waals surface area (Å²) in [6, 6.07) is 64.8. The molecule has 0 aliphatic rings. The summed E-state index contributed by atoms with van der Waals surface area (Å²) in [4.78, 5) is 10.3. The first-order chi connectivity index (χ1) is 25.8. The molecule has 0 atom stereocenters. The molecule has 7 aromatic carbocycles. The monoisotopic (exact) mass is 662 g/mol. The van der Waals surface area contributed by atoms with Crippen LogP contribution in [0.25, 0.3) is 99.5 Å². The summed E-state index contributed by atoms with van der Waals surface area (Å²) in [5.74, 6) is 0.693. The zero-order chi connectivity index (χ0) is 34.2. The minimum atomic E-state index is 0.693. The second-order valence-electron chi connectivity index (χ2n) is 13.4. The molecule has 0 N–H and O–H groups in total. The Morgan fingerprint density at radius 3 is 1.67 bits per heavy atom. The topological polar surface area (TPSA) is 35.1 Å². The summed E-state index contributed by atoms with van der Waals surface area (Å²) in [5, 5.41) is 7.39. The van der Waals surface area contributed by atoms with Gasteiger partial charge in [0, 0.05) is 49.3 Å².